The Hall–Kier alpha value is -3.30. The van der Waals surface area contributed by atoms with Gasteiger partial charge in [-0.2, -0.15) is 0 Å². The molecule has 0 saturated heterocycles. The first-order valence-corrected chi connectivity index (χ1v) is 8.96. The maximum absolute atomic E-state index is 5.92. The first kappa shape index (κ1) is 17.1. The zero-order valence-corrected chi connectivity index (χ0v) is 15.2. The normalized spacial score (nSPS) is 11.0. The lowest BCUT2D eigenvalue weighted by atomic mass is 10.2. The van der Waals surface area contributed by atoms with E-state index in [1.165, 1.54) is 0 Å². The number of halogens is 1. The minimum atomic E-state index is 0.700. The number of anilines is 2. The summed E-state index contributed by atoms with van der Waals surface area (Å²) in [5, 5.41) is 4.06. The summed E-state index contributed by atoms with van der Waals surface area (Å²) in [6.45, 7) is 0. The van der Waals surface area contributed by atoms with Crippen molar-refractivity contribution in [2.45, 2.75) is 0 Å². The maximum Gasteiger partial charge on any atom is 0.145 e. The van der Waals surface area contributed by atoms with Crippen molar-refractivity contribution in [1.82, 2.24) is 0 Å². The van der Waals surface area contributed by atoms with Crippen LogP contribution in [-0.2, 0) is 0 Å². The van der Waals surface area contributed by atoms with Crippen LogP contribution in [0, 0.1) is 0 Å². The lowest BCUT2D eigenvalue weighted by Gasteiger charge is -2.05. The second kappa shape index (κ2) is 7.94. The molecule has 1 N–H and O–H groups in total. The number of nitrogens with one attached hydrogen (secondary N) is 1. The smallest absolute Gasteiger partial charge is 0.145 e. The molecule has 1 heterocycles. The lowest BCUT2D eigenvalue weighted by molar-refractivity contribution is 0.575. The highest BCUT2D eigenvalue weighted by Crippen LogP contribution is 2.24. The van der Waals surface area contributed by atoms with Crippen molar-refractivity contribution in [1.29, 1.82) is 0 Å². The monoisotopic (exact) mass is 372 g/mol. The predicted octanol–water partition coefficient (Wildman–Crippen LogP) is 7.09. The fourth-order valence-electron chi connectivity index (χ4n) is 2.65. The summed E-state index contributed by atoms with van der Waals surface area (Å²) >= 11 is 5.92. The highest BCUT2D eigenvalue weighted by Gasteiger charge is 2.03. The molecule has 0 aliphatic carbocycles. The Morgan fingerprint density at radius 1 is 0.741 bits per heavy atom. The van der Waals surface area contributed by atoms with Crippen molar-refractivity contribution in [3.63, 3.8) is 0 Å². The largest absolute Gasteiger partial charge is 0.455 e. The number of nitrogens with zero attached hydrogens (tertiary/aromatic N) is 1. The van der Waals surface area contributed by atoms with Crippen molar-refractivity contribution in [2.24, 2.45) is 4.99 Å². The standard InChI is InChI=1S/C23H17ClN2O/c24-18-8-6-17(7-9-18)23-15-14-22(27-23)16-25-19-10-12-21(13-11-19)26-20-4-2-1-3-5-20/h1-16,26H. The van der Waals surface area contributed by atoms with E-state index in [0.717, 1.165) is 28.4 Å². The van der Waals surface area contributed by atoms with Crippen LogP contribution in [0.25, 0.3) is 11.3 Å². The number of benzene rings is 3. The molecule has 0 spiro atoms. The Morgan fingerprint density at radius 3 is 2.19 bits per heavy atom. The van der Waals surface area contributed by atoms with Gasteiger partial charge in [-0.25, -0.2) is 0 Å². The van der Waals surface area contributed by atoms with E-state index in [4.69, 9.17) is 16.0 Å². The summed E-state index contributed by atoms with van der Waals surface area (Å²) in [7, 11) is 0. The lowest BCUT2D eigenvalue weighted by Crippen LogP contribution is -1.88. The number of furan rings is 1. The molecule has 0 radical (unpaired) electrons. The van der Waals surface area contributed by atoms with Gasteiger partial charge in [0.2, 0.25) is 0 Å². The van der Waals surface area contributed by atoms with Crippen LogP contribution >= 0.6 is 11.6 Å². The number of para-hydroxylation sites is 1. The van der Waals surface area contributed by atoms with E-state index < -0.39 is 0 Å². The summed E-state index contributed by atoms with van der Waals surface area (Å²) in [4.78, 5) is 4.48. The van der Waals surface area contributed by atoms with Gasteiger partial charge in [-0.1, -0.05) is 29.8 Å². The fourth-order valence-corrected chi connectivity index (χ4v) is 2.77. The van der Waals surface area contributed by atoms with Crippen molar-refractivity contribution in [3.05, 3.63) is 102 Å². The molecule has 0 aliphatic rings. The van der Waals surface area contributed by atoms with E-state index in [9.17, 15) is 0 Å². The highest BCUT2D eigenvalue weighted by molar-refractivity contribution is 6.30. The Bertz CT molecular complexity index is 1040. The minimum Gasteiger partial charge on any atom is -0.455 e. The number of rotatable bonds is 5. The van der Waals surface area contributed by atoms with Gasteiger partial charge in [0.15, 0.2) is 0 Å². The first-order valence-electron chi connectivity index (χ1n) is 8.58. The molecule has 0 bridgehead atoms. The van der Waals surface area contributed by atoms with E-state index in [1.807, 2.05) is 91.0 Å². The molecular formula is C23H17ClN2O. The Balaban J connectivity index is 1.43. The third-order valence-electron chi connectivity index (χ3n) is 4.03. The first-order chi connectivity index (χ1) is 13.3. The van der Waals surface area contributed by atoms with E-state index in [1.54, 1.807) is 6.21 Å². The maximum atomic E-state index is 5.92. The molecule has 4 heteroatoms. The van der Waals surface area contributed by atoms with Gasteiger partial charge >= 0.3 is 0 Å². The van der Waals surface area contributed by atoms with Crippen molar-refractivity contribution < 1.29 is 4.42 Å². The molecule has 0 atom stereocenters. The molecule has 0 saturated carbocycles. The SMILES string of the molecule is Clc1ccc(-c2ccc(C=Nc3ccc(Nc4ccccc4)cc3)o2)cc1. The third-order valence-corrected chi connectivity index (χ3v) is 4.28. The van der Waals surface area contributed by atoms with E-state index in [2.05, 4.69) is 10.3 Å². The van der Waals surface area contributed by atoms with E-state index in [-0.39, 0.29) is 0 Å². The van der Waals surface area contributed by atoms with Gasteiger partial charge < -0.3 is 9.73 Å². The van der Waals surface area contributed by atoms with Gasteiger partial charge in [-0.05, 0) is 72.8 Å². The van der Waals surface area contributed by atoms with Crippen LogP contribution in [0.3, 0.4) is 0 Å². The van der Waals surface area contributed by atoms with Crippen LogP contribution in [0.15, 0.2) is 100 Å². The molecule has 1 aromatic heterocycles. The van der Waals surface area contributed by atoms with Gasteiger partial charge in [-0.15, -0.1) is 0 Å². The van der Waals surface area contributed by atoms with Crippen molar-refractivity contribution in [3.8, 4) is 11.3 Å². The van der Waals surface area contributed by atoms with Crippen LogP contribution in [-0.4, -0.2) is 6.21 Å². The van der Waals surface area contributed by atoms with Crippen LogP contribution in [0.1, 0.15) is 5.76 Å². The predicted molar refractivity (Wildman–Crippen MR) is 113 cm³/mol. The summed E-state index contributed by atoms with van der Waals surface area (Å²) in [6, 6.07) is 29.4. The summed E-state index contributed by atoms with van der Waals surface area (Å²) in [5.74, 6) is 1.49. The molecule has 0 fully saturated rings. The number of aliphatic imine (C=N–C) groups is 1. The summed E-state index contributed by atoms with van der Waals surface area (Å²) in [5.41, 5.74) is 3.91. The molecular weight excluding hydrogens is 356 g/mol. The average Bonchev–Trinajstić information content (AvgIpc) is 3.18. The van der Waals surface area contributed by atoms with Crippen LogP contribution in [0.2, 0.25) is 5.02 Å². The third kappa shape index (κ3) is 4.46. The molecule has 0 aliphatic heterocycles. The van der Waals surface area contributed by atoms with Gasteiger partial charge in [0, 0.05) is 22.0 Å². The molecule has 27 heavy (non-hydrogen) atoms. The Labute approximate surface area is 163 Å². The van der Waals surface area contributed by atoms with Gasteiger partial charge in [-0.3, -0.25) is 4.99 Å². The molecule has 4 rings (SSSR count). The molecule has 0 unspecified atom stereocenters. The molecule has 0 amide bonds. The molecule has 3 aromatic carbocycles. The topological polar surface area (TPSA) is 37.5 Å². The summed E-state index contributed by atoms with van der Waals surface area (Å²) < 4.78 is 5.83. The second-order valence-corrected chi connectivity index (χ2v) is 6.44. The number of hydrogen-bond acceptors (Lipinski definition) is 3. The minimum absolute atomic E-state index is 0.700. The van der Waals surface area contributed by atoms with Crippen LogP contribution < -0.4 is 5.32 Å². The molecule has 3 nitrogen and oxygen atoms in total. The average molecular weight is 373 g/mol. The van der Waals surface area contributed by atoms with Gasteiger partial charge in [0.1, 0.15) is 11.5 Å². The van der Waals surface area contributed by atoms with E-state index >= 15 is 0 Å². The van der Waals surface area contributed by atoms with Gasteiger partial charge in [0.25, 0.3) is 0 Å². The molecule has 4 aromatic rings. The van der Waals surface area contributed by atoms with Gasteiger partial charge in [0.05, 0.1) is 11.9 Å². The Morgan fingerprint density at radius 2 is 1.44 bits per heavy atom. The van der Waals surface area contributed by atoms with Crippen molar-refractivity contribution in [2.75, 3.05) is 5.32 Å². The molecule has 132 valence electrons. The number of hydrogen-bond donors (Lipinski definition) is 1. The summed E-state index contributed by atoms with van der Waals surface area (Å²) in [6.07, 6.45) is 1.72. The van der Waals surface area contributed by atoms with E-state index in [0.29, 0.717) is 10.8 Å². The second-order valence-electron chi connectivity index (χ2n) is 6.01. The van der Waals surface area contributed by atoms with Crippen molar-refractivity contribution >= 4 is 34.9 Å². The quantitative estimate of drug-likeness (QED) is 0.379. The Kier molecular flexibility index (Phi) is 5.04. The zero-order valence-electron chi connectivity index (χ0n) is 14.5. The highest BCUT2D eigenvalue weighted by atomic mass is 35.5. The zero-order chi connectivity index (χ0) is 18.5. The van der Waals surface area contributed by atoms with Crippen LogP contribution in [0.4, 0.5) is 17.1 Å². The van der Waals surface area contributed by atoms with Crippen LogP contribution in [0.5, 0.6) is 0 Å². The fraction of sp³-hybridized carbons (Fsp3) is 0.